The van der Waals surface area contributed by atoms with Crippen LogP contribution in [0.15, 0.2) is 24.3 Å². The highest BCUT2D eigenvalue weighted by molar-refractivity contribution is 7.80. The number of aromatic hydroxyl groups is 1. The number of hydrogen-bond donors (Lipinski definition) is 2. The van der Waals surface area contributed by atoms with E-state index in [0.717, 1.165) is 12.8 Å². The SMILES string of the molecule is CN(C(=O)C1(C(N)=S)CCCC1)c1cccc(O)c1. The molecule has 0 aliphatic heterocycles. The summed E-state index contributed by atoms with van der Waals surface area (Å²) in [6.07, 6.45) is 3.36. The van der Waals surface area contributed by atoms with E-state index in [4.69, 9.17) is 18.0 Å². The summed E-state index contributed by atoms with van der Waals surface area (Å²) in [5, 5.41) is 9.49. The molecule has 0 heterocycles. The van der Waals surface area contributed by atoms with E-state index >= 15 is 0 Å². The molecule has 0 atom stereocenters. The van der Waals surface area contributed by atoms with Crippen molar-refractivity contribution in [1.82, 2.24) is 0 Å². The van der Waals surface area contributed by atoms with Crippen LogP contribution in [-0.2, 0) is 4.79 Å². The zero-order chi connectivity index (χ0) is 14.0. The highest BCUT2D eigenvalue weighted by Gasteiger charge is 2.45. The van der Waals surface area contributed by atoms with Crippen molar-refractivity contribution >= 4 is 28.8 Å². The fourth-order valence-corrected chi connectivity index (χ4v) is 2.98. The minimum Gasteiger partial charge on any atom is -0.508 e. The smallest absolute Gasteiger partial charge is 0.239 e. The Morgan fingerprint density at radius 2 is 2.05 bits per heavy atom. The van der Waals surface area contributed by atoms with E-state index in [1.165, 1.54) is 4.90 Å². The lowest BCUT2D eigenvalue weighted by Gasteiger charge is -2.31. The fourth-order valence-electron chi connectivity index (χ4n) is 2.68. The van der Waals surface area contributed by atoms with Crippen molar-refractivity contribution < 1.29 is 9.90 Å². The summed E-state index contributed by atoms with van der Waals surface area (Å²) in [7, 11) is 1.69. The minimum absolute atomic E-state index is 0.0805. The molecule has 5 heteroatoms. The number of carbonyl (C=O) groups excluding carboxylic acids is 1. The molecule has 1 aliphatic rings. The van der Waals surface area contributed by atoms with Crippen molar-refractivity contribution in [2.24, 2.45) is 11.1 Å². The van der Waals surface area contributed by atoms with Gasteiger partial charge in [-0.25, -0.2) is 0 Å². The van der Waals surface area contributed by atoms with Crippen LogP contribution < -0.4 is 10.6 Å². The van der Waals surface area contributed by atoms with Crippen LogP contribution in [0.2, 0.25) is 0 Å². The van der Waals surface area contributed by atoms with Gasteiger partial charge in [-0.15, -0.1) is 0 Å². The molecule has 1 fully saturated rings. The first kappa shape index (κ1) is 13.8. The summed E-state index contributed by atoms with van der Waals surface area (Å²) in [5.74, 6) is 0.0519. The molecule has 0 unspecified atom stereocenters. The summed E-state index contributed by atoms with van der Waals surface area (Å²) in [5.41, 5.74) is 5.75. The number of nitrogens with two attached hydrogens (primary N) is 1. The Bertz CT molecular complexity index is 510. The van der Waals surface area contributed by atoms with Gasteiger partial charge in [-0.2, -0.15) is 0 Å². The van der Waals surface area contributed by atoms with E-state index in [1.54, 1.807) is 31.3 Å². The second-order valence-electron chi connectivity index (χ2n) is 5.04. The summed E-state index contributed by atoms with van der Waals surface area (Å²) in [6.45, 7) is 0. The maximum Gasteiger partial charge on any atom is 0.239 e. The summed E-state index contributed by atoms with van der Waals surface area (Å²) in [4.78, 5) is 14.5. The van der Waals surface area contributed by atoms with Crippen LogP contribution in [0.5, 0.6) is 5.75 Å². The predicted octanol–water partition coefficient (Wildman–Crippen LogP) is 2.20. The zero-order valence-corrected chi connectivity index (χ0v) is 11.7. The second-order valence-corrected chi connectivity index (χ2v) is 5.48. The Morgan fingerprint density at radius 3 is 2.58 bits per heavy atom. The van der Waals surface area contributed by atoms with E-state index in [0.29, 0.717) is 18.5 Å². The van der Waals surface area contributed by atoms with Crippen LogP contribution >= 0.6 is 12.2 Å². The fraction of sp³-hybridized carbons (Fsp3) is 0.429. The molecule has 1 amide bonds. The largest absolute Gasteiger partial charge is 0.508 e. The molecule has 1 aliphatic carbocycles. The van der Waals surface area contributed by atoms with Crippen molar-refractivity contribution in [3.8, 4) is 5.75 Å². The number of carbonyl (C=O) groups is 1. The van der Waals surface area contributed by atoms with Gasteiger partial charge >= 0.3 is 0 Å². The molecule has 1 saturated carbocycles. The van der Waals surface area contributed by atoms with E-state index in [2.05, 4.69) is 0 Å². The van der Waals surface area contributed by atoms with E-state index in [1.807, 2.05) is 0 Å². The Morgan fingerprint density at radius 1 is 1.42 bits per heavy atom. The topological polar surface area (TPSA) is 66.6 Å². The Hall–Kier alpha value is -1.62. The highest BCUT2D eigenvalue weighted by atomic mass is 32.1. The number of phenolic OH excluding ortho intramolecular Hbond substituents is 1. The van der Waals surface area contributed by atoms with Gasteiger partial charge in [0.05, 0.1) is 10.4 Å². The van der Waals surface area contributed by atoms with Gasteiger partial charge in [0, 0.05) is 18.8 Å². The molecule has 1 aromatic rings. The van der Waals surface area contributed by atoms with Gasteiger partial charge in [0.1, 0.15) is 5.75 Å². The van der Waals surface area contributed by atoms with E-state index < -0.39 is 5.41 Å². The third kappa shape index (κ3) is 2.42. The highest BCUT2D eigenvalue weighted by Crippen LogP contribution is 2.40. The van der Waals surface area contributed by atoms with Gasteiger partial charge in [0.15, 0.2) is 0 Å². The maximum atomic E-state index is 12.7. The van der Waals surface area contributed by atoms with Crippen LogP contribution in [0.1, 0.15) is 25.7 Å². The van der Waals surface area contributed by atoms with Crippen molar-refractivity contribution in [3.05, 3.63) is 24.3 Å². The molecule has 0 saturated heterocycles. The second kappa shape index (κ2) is 5.17. The van der Waals surface area contributed by atoms with Crippen LogP contribution in [-0.4, -0.2) is 23.0 Å². The molecule has 102 valence electrons. The molecule has 1 aromatic carbocycles. The first-order valence-corrected chi connectivity index (χ1v) is 6.75. The molecular weight excluding hydrogens is 260 g/mol. The first-order chi connectivity index (χ1) is 8.97. The average molecular weight is 278 g/mol. The molecule has 0 radical (unpaired) electrons. The molecule has 0 bridgehead atoms. The number of phenols is 1. The number of hydrogen-bond acceptors (Lipinski definition) is 3. The molecule has 2 rings (SSSR count). The minimum atomic E-state index is -0.713. The summed E-state index contributed by atoms with van der Waals surface area (Å²) < 4.78 is 0. The monoisotopic (exact) mass is 278 g/mol. The molecular formula is C14H18N2O2S. The van der Waals surface area contributed by atoms with E-state index in [9.17, 15) is 9.90 Å². The molecule has 3 N–H and O–H groups in total. The van der Waals surface area contributed by atoms with Crippen LogP contribution in [0.4, 0.5) is 5.69 Å². The van der Waals surface area contributed by atoms with Gasteiger partial charge in [-0.05, 0) is 25.0 Å². The lowest BCUT2D eigenvalue weighted by molar-refractivity contribution is -0.124. The zero-order valence-electron chi connectivity index (χ0n) is 10.9. The summed E-state index contributed by atoms with van der Waals surface area (Å²) >= 11 is 5.12. The van der Waals surface area contributed by atoms with Crippen molar-refractivity contribution in [1.29, 1.82) is 0 Å². The molecule has 0 spiro atoms. The number of anilines is 1. The van der Waals surface area contributed by atoms with Gasteiger partial charge in [0.2, 0.25) is 5.91 Å². The van der Waals surface area contributed by atoms with Gasteiger partial charge in [-0.3, -0.25) is 4.79 Å². The quantitative estimate of drug-likeness (QED) is 0.832. The molecule has 19 heavy (non-hydrogen) atoms. The Balaban J connectivity index is 2.30. The Kier molecular flexibility index (Phi) is 3.75. The first-order valence-electron chi connectivity index (χ1n) is 6.34. The average Bonchev–Trinajstić information content (AvgIpc) is 2.87. The Labute approximate surface area is 118 Å². The van der Waals surface area contributed by atoms with Gasteiger partial charge < -0.3 is 15.7 Å². The third-order valence-corrected chi connectivity index (χ3v) is 4.25. The van der Waals surface area contributed by atoms with Crippen molar-refractivity contribution in [2.75, 3.05) is 11.9 Å². The third-order valence-electron chi connectivity index (χ3n) is 3.86. The lowest BCUT2D eigenvalue weighted by Crippen LogP contribution is -2.48. The van der Waals surface area contributed by atoms with Gasteiger partial charge in [-0.1, -0.05) is 31.1 Å². The molecule has 4 nitrogen and oxygen atoms in total. The predicted molar refractivity (Wildman–Crippen MR) is 79.2 cm³/mol. The summed E-state index contributed by atoms with van der Waals surface area (Å²) in [6, 6.07) is 6.61. The standard InChI is InChI=1S/C14H18N2O2S/c1-16(10-5-4-6-11(17)9-10)13(18)14(12(15)19)7-2-3-8-14/h4-6,9,17H,2-3,7-8H2,1H3,(H2,15,19). The number of thiocarbonyl (C=S) groups is 1. The van der Waals surface area contributed by atoms with Crippen molar-refractivity contribution in [2.45, 2.75) is 25.7 Å². The normalized spacial score (nSPS) is 17.1. The number of amides is 1. The molecule has 0 aromatic heterocycles. The van der Waals surface area contributed by atoms with Gasteiger partial charge in [0.25, 0.3) is 0 Å². The van der Waals surface area contributed by atoms with Crippen LogP contribution in [0.3, 0.4) is 0 Å². The lowest BCUT2D eigenvalue weighted by atomic mass is 9.84. The van der Waals surface area contributed by atoms with E-state index in [-0.39, 0.29) is 16.6 Å². The van der Waals surface area contributed by atoms with Crippen LogP contribution in [0, 0.1) is 5.41 Å². The maximum absolute atomic E-state index is 12.7. The number of benzene rings is 1. The number of nitrogens with zero attached hydrogens (tertiary/aromatic N) is 1. The van der Waals surface area contributed by atoms with Crippen molar-refractivity contribution in [3.63, 3.8) is 0 Å². The van der Waals surface area contributed by atoms with Crippen LogP contribution in [0.25, 0.3) is 0 Å². The number of rotatable bonds is 3.